The maximum absolute atomic E-state index is 12.2. The van der Waals surface area contributed by atoms with Crippen LogP contribution in [0.1, 0.15) is 43.5 Å². The van der Waals surface area contributed by atoms with Gasteiger partial charge in [0.1, 0.15) is 0 Å². The maximum atomic E-state index is 12.2. The topological polar surface area (TPSA) is 59.3 Å². The van der Waals surface area contributed by atoms with Gasteiger partial charge in [-0.2, -0.15) is 4.52 Å². The second-order valence-corrected chi connectivity index (χ2v) is 7.80. The summed E-state index contributed by atoms with van der Waals surface area (Å²) in [6.07, 6.45) is 4.39. The average molecular weight is 375 g/mol. The van der Waals surface area contributed by atoms with Crippen molar-refractivity contribution in [3.8, 4) is 0 Å². The Morgan fingerprint density at radius 3 is 2.76 bits per heavy atom. The van der Waals surface area contributed by atoms with Crippen molar-refractivity contribution in [2.75, 3.05) is 5.32 Å². The number of nitrogens with zero attached hydrogens (tertiary/aromatic N) is 3. The van der Waals surface area contributed by atoms with Crippen molar-refractivity contribution < 1.29 is 0 Å². The highest BCUT2D eigenvalue weighted by Gasteiger charge is 2.29. The van der Waals surface area contributed by atoms with Gasteiger partial charge in [-0.05, 0) is 42.9 Å². The van der Waals surface area contributed by atoms with Gasteiger partial charge >= 0.3 is 0 Å². The van der Waals surface area contributed by atoms with E-state index in [0.29, 0.717) is 10.9 Å². The van der Waals surface area contributed by atoms with E-state index < -0.39 is 0 Å². The van der Waals surface area contributed by atoms with Crippen molar-refractivity contribution in [3.63, 3.8) is 0 Å². The lowest BCUT2D eigenvalue weighted by Gasteiger charge is -2.34. The first-order chi connectivity index (χ1) is 12.1. The van der Waals surface area contributed by atoms with Gasteiger partial charge in [0.15, 0.2) is 0 Å². The predicted octanol–water partition coefficient (Wildman–Crippen LogP) is 4.32. The molecule has 0 aliphatic heterocycles. The molecule has 0 radical (unpaired) electrons. The van der Waals surface area contributed by atoms with Crippen LogP contribution in [-0.2, 0) is 6.42 Å². The van der Waals surface area contributed by atoms with Crippen molar-refractivity contribution in [2.45, 2.75) is 38.6 Å². The first kappa shape index (κ1) is 16.5. The van der Waals surface area contributed by atoms with Gasteiger partial charge in [-0.3, -0.25) is 4.79 Å². The molecule has 3 aromatic rings. The highest BCUT2D eigenvalue weighted by atomic mass is 35.5. The van der Waals surface area contributed by atoms with Gasteiger partial charge in [-0.1, -0.05) is 48.4 Å². The first-order valence-electron chi connectivity index (χ1n) is 8.56. The van der Waals surface area contributed by atoms with E-state index in [0.717, 1.165) is 22.3 Å². The van der Waals surface area contributed by atoms with Crippen LogP contribution < -0.4 is 10.9 Å². The molecule has 1 atom stereocenters. The molecular formula is C18H19ClN4OS. The molecule has 2 aromatic heterocycles. The number of fused-ring (bicyclic) bond motifs is 1. The van der Waals surface area contributed by atoms with Crippen LogP contribution in [0.3, 0.4) is 0 Å². The van der Waals surface area contributed by atoms with Crippen LogP contribution in [0, 0.1) is 5.92 Å². The summed E-state index contributed by atoms with van der Waals surface area (Å²) < 4.78 is 1.38. The third kappa shape index (κ3) is 3.28. The fourth-order valence-corrected chi connectivity index (χ4v) is 4.13. The fourth-order valence-electron chi connectivity index (χ4n) is 3.15. The fraction of sp³-hybridized carbons (Fsp3) is 0.389. The molecule has 2 heterocycles. The SMILES string of the molecule is CCc1cc(=O)n2nc(NC(c3ccc(Cl)cc3)C3CCC3)sc2n1. The highest BCUT2D eigenvalue weighted by Crippen LogP contribution is 2.40. The van der Waals surface area contributed by atoms with Gasteiger partial charge in [-0.15, -0.1) is 5.10 Å². The molecule has 7 heteroatoms. The summed E-state index contributed by atoms with van der Waals surface area (Å²) in [5.74, 6) is 0.573. The maximum Gasteiger partial charge on any atom is 0.275 e. The Hall–Kier alpha value is -1.92. The molecule has 1 saturated carbocycles. The zero-order valence-electron chi connectivity index (χ0n) is 13.9. The Bertz CT molecular complexity index is 946. The second kappa shape index (κ2) is 6.77. The van der Waals surface area contributed by atoms with Crippen LogP contribution in [0.15, 0.2) is 35.1 Å². The number of nitrogens with one attached hydrogen (secondary N) is 1. The van der Waals surface area contributed by atoms with E-state index >= 15 is 0 Å². The molecule has 1 N–H and O–H groups in total. The zero-order valence-corrected chi connectivity index (χ0v) is 15.5. The minimum atomic E-state index is -0.127. The number of aromatic nitrogens is 3. The summed E-state index contributed by atoms with van der Waals surface area (Å²) in [6.45, 7) is 1.99. The van der Waals surface area contributed by atoms with Crippen LogP contribution in [-0.4, -0.2) is 14.6 Å². The lowest BCUT2D eigenvalue weighted by atomic mass is 9.77. The molecule has 5 nitrogen and oxygen atoms in total. The number of benzene rings is 1. The molecule has 1 aromatic carbocycles. The van der Waals surface area contributed by atoms with Gasteiger partial charge in [0, 0.05) is 16.8 Å². The van der Waals surface area contributed by atoms with Crippen molar-refractivity contribution >= 4 is 33.0 Å². The summed E-state index contributed by atoms with van der Waals surface area (Å²) in [5.41, 5.74) is 1.87. The van der Waals surface area contributed by atoms with Crippen molar-refractivity contribution in [1.29, 1.82) is 0 Å². The quantitative estimate of drug-likeness (QED) is 0.722. The van der Waals surface area contributed by atoms with Crippen LogP contribution in [0.5, 0.6) is 0 Å². The summed E-state index contributed by atoms with van der Waals surface area (Å²) in [7, 11) is 0. The summed E-state index contributed by atoms with van der Waals surface area (Å²) in [6, 6.07) is 9.69. The zero-order chi connectivity index (χ0) is 17.4. The molecule has 0 bridgehead atoms. The van der Waals surface area contributed by atoms with E-state index in [2.05, 4.69) is 27.5 Å². The predicted molar refractivity (Wildman–Crippen MR) is 102 cm³/mol. The van der Waals surface area contributed by atoms with E-state index in [9.17, 15) is 4.79 Å². The van der Waals surface area contributed by atoms with E-state index in [1.165, 1.54) is 40.7 Å². The van der Waals surface area contributed by atoms with Crippen LogP contribution in [0.25, 0.3) is 4.96 Å². The molecule has 25 heavy (non-hydrogen) atoms. The summed E-state index contributed by atoms with van der Waals surface area (Å²) >= 11 is 7.45. The molecule has 4 rings (SSSR count). The standard InChI is InChI=1S/C18H19ClN4OS/c1-2-14-10-15(24)23-18(20-14)25-17(22-23)21-16(11-4-3-5-11)12-6-8-13(19)9-7-12/h6-11,16H,2-5H2,1H3,(H,21,22). The smallest absolute Gasteiger partial charge is 0.275 e. The lowest BCUT2D eigenvalue weighted by Crippen LogP contribution is -2.26. The molecule has 1 unspecified atom stereocenters. The van der Waals surface area contributed by atoms with Crippen LogP contribution >= 0.6 is 22.9 Å². The number of hydrogen-bond acceptors (Lipinski definition) is 5. The molecule has 0 saturated heterocycles. The molecular weight excluding hydrogens is 356 g/mol. The number of anilines is 1. The molecule has 1 aliphatic carbocycles. The minimum Gasteiger partial charge on any atom is -0.353 e. The van der Waals surface area contributed by atoms with Gasteiger partial charge < -0.3 is 5.32 Å². The third-order valence-corrected chi connectivity index (χ3v) is 5.88. The van der Waals surface area contributed by atoms with Crippen LogP contribution in [0.4, 0.5) is 5.13 Å². The molecule has 1 aliphatic rings. The van der Waals surface area contributed by atoms with E-state index in [1.54, 1.807) is 6.07 Å². The van der Waals surface area contributed by atoms with Crippen molar-refractivity contribution in [2.24, 2.45) is 5.92 Å². The third-order valence-electron chi connectivity index (χ3n) is 4.79. The van der Waals surface area contributed by atoms with E-state index in [4.69, 9.17) is 11.6 Å². The Morgan fingerprint density at radius 1 is 1.36 bits per heavy atom. The monoisotopic (exact) mass is 374 g/mol. The van der Waals surface area contributed by atoms with Gasteiger partial charge in [-0.25, -0.2) is 4.98 Å². The van der Waals surface area contributed by atoms with Crippen molar-refractivity contribution in [3.05, 3.63) is 57.0 Å². The first-order valence-corrected chi connectivity index (χ1v) is 9.75. The number of halogens is 1. The van der Waals surface area contributed by atoms with Gasteiger partial charge in [0.25, 0.3) is 5.56 Å². The van der Waals surface area contributed by atoms with E-state index in [1.807, 2.05) is 19.1 Å². The lowest BCUT2D eigenvalue weighted by molar-refractivity contribution is 0.277. The molecule has 0 amide bonds. The number of rotatable bonds is 5. The number of aryl methyl sites for hydroxylation is 1. The Balaban J connectivity index is 1.67. The minimum absolute atomic E-state index is 0.127. The van der Waals surface area contributed by atoms with E-state index in [-0.39, 0.29) is 11.6 Å². The molecule has 0 spiro atoms. The Labute approximate surface area is 154 Å². The van der Waals surface area contributed by atoms with Gasteiger partial charge in [0.2, 0.25) is 10.1 Å². The van der Waals surface area contributed by atoms with Crippen molar-refractivity contribution in [1.82, 2.24) is 14.6 Å². The Kier molecular flexibility index (Phi) is 4.48. The largest absolute Gasteiger partial charge is 0.353 e. The summed E-state index contributed by atoms with van der Waals surface area (Å²) in [4.78, 5) is 17.3. The van der Waals surface area contributed by atoms with Crippen LogP contribution in [0.2, 0.25) is 5.02 Å². The average Bonchev–Trinajstić information content (AvgIpc) is 2.96. The normalized spacial score (nSPS) is 15.9. The summed E-state index contributed by atoms with van der Waals surface area (Å²) in [5, 5.41) is 9.43. The number of hydrogen-bond donors (Lipinski definition) is 1. The second-order valence-electron chi connectivity index (χ2n) is 6.41. The molecule has 130 valence electrons. The van der Waals surface area contributed by atoms with Gasteiger partial charge in [0.05, 0.1) is 6.04 Å². The highest BCUT2D eigenvalue weighted by molar-refractivity contribution is 7.20. The Morgan fingerprint density at radius 2 is 2.12 bits per heavy atom. The molecule has 1 fully saturated rings.